The number of carbonyl (C=O) groups is 2. The van der Waals surface area contributed by atoms with Crippen LogP contribution >= 0.6 is 11.8 Å². The SMILES string of the molecule is COC(=O)[C@H](CCSC)NCC(=O)Nc1ccc(C)c(C)c1. The lowest BCUT2D eigenvalue weighted by Crippen LogP contribution is -2.42. The second-order valence-electron chi connectivity index (χ2n) is 5.09. The van der Waals surface area contributed by atoms with Crippen molar-refractivity contribution >= 4 is 29.3 Å². The summed E-state index contributed by atoms with van der Waals surface area (Å²) in [6, 6.07) is 5.31. The molecule has 1 aromatic carbocycles. The number of hydrogen-bond acceptors (Lipinski definition) is 5. The van der Waals surface area contributed by atoms with E-state index >= 15 is 0 Å². The fourth-order valence-corrected chi connectivity index (χ4v) is 2.39. The van der Waals surface area contributed by atoms with Crippen molar-refractivity contribution in [2.75, 3.05) is 31.0 Å². The average Bonchev–Trinajstić information content (AvgIpc) is 2.50. The predicted octanol–water partition coefficient (Wildman–Crippen LogP) is 2.13. The standard InChI is InChI=1S/C16H24N2O3S/c1-11-5-6-13(9-12(11)2)18-15(19)10-17-14(7-8-22-4)16(20)21-3/h5-6,9,14,17H,7-8,10H2,1-4H3,(H,18,19)/t14-/m0/s1. The minimum absolute atomic E-state index is 0.0705. The lowest BCUT2D eigenvalue weighted by molar-refractivity contribution is -0.143. The Labute approximate surface area is 136 Å². The van der Waals surface area contributed by atoms with Gasteiger partial charge >= 0.3 is 5.97 Å². The molecule has 0 saturated carbocycles. The second-order valence-corrected chi connectivity index (χ2v) is 6.07. The lowest BCUT2D eigenvalue weighted by Gasteiger charge is -2.16. The molecule has 1 amide bonds. The summed E-state index contributed by atoms with van der Waals surface area (Å²) in [6.45, 7) is 4.09. The zero-order valence-electron chi connectivity index (χ0n) is 13.6. The minimum atomic E-state index is -0.456. The number of methoxy groups -OCH3 is 1. The van der Waals surface area contributed by atoms with Gasteiger partial charge in [0.1, 0.15) is 6.04 Å². The summed E-state index contributed by atoms with van der Waals surface area (Å²) < 4.78 is 4.75. The number of hydrogen-bond donors (Lipinski definition) is 2. The summed E-state index contributed by atoms with van der Waals surface area (Å²) in [7, 11) is 1.35. The normalized spacial score (nSPS) is 11.8. The Hall–Kier alpha value is -1.53. The molecule has 0 bridgehead atoms. The molecule has 0 spiro atoms. The van der Waals surface area contributed by atoms with Gasteiger partial charge in [-0.25, -0.2) is 0 Å². The highest BCUT2D eigenvalue weighted by atomic mass is 32.2. The van der Waals surface area contributed by atoms with E-state index in [0.717, 1.165) is 17.0 Å². The van der Waals surface area contributed by atoms with Crippen LogP contribution in [0, 0.1) is 13.8 Å². The van der Waals surface area contributed by atoms with Crippen molar-refractivity contribution in [1.82, 2.24) is 5.32 Å². The van der Waals surface area contributed by atoms with Crippen molar-refractivity contribution in [2.24, 2.45) is 0 Å². The summed E-state index contributed by atoms with van der Waals surface area (Å²) >= 11 is 1.65. The molecule has 1 rings (SSSR count). The third-order valence-corrected chi connectivity index (χ3v) is 4.04. The first kappa shape index (κ1) is 18.5. The Balaban J connectivity index is 2.52. The topological polar surface area (TPSA) is 67.4 Å². The van der Waals surface area contributed by atoms with Gasteiger partial charge in [0.2, 0.25) is 5.91 Å². The van der Waals surface area contributed by atoms with Gasteiger partial charge in [0, 0.05) is 5.69 Å². The lowest BCUT2D eigenvalue weighted by atomic mass is 10.1. The number of anilines is 1. The van der Waals surface area contributed by atoms with E-state index in [1.807, 2.05) is 38.3 Å². The van der Waals surface area contributed by atoms with Crippen LogP contribution in [-0.2, 0) is 14.3 Å². The molecule has 0 aliphatic heterocycles. The van der Waals surface area contributed by atoms with Crippen LogP contribution in [0.25, 0.3) is 0 Å². The maximum absolute atomic E-state index is 12.0. The van der Waals surface area contributed by atoms with Crippen LogP contribution < -0.4 is 10.6 Å². The molecular weight excluding hydrogens is 300 g/mol. The van der Waals surface area contributed by atoms with Gasteiger partial charge in [-0.05, 0) is 55.5 Å². The van der Waals surface area contributed by atoms with Crippen LogP contribution in [-0.4, -0.2) is 43.6 Å². The van der Waals surface area contributed by atoms with Crippen molar-refractivity contribution in [1.29, 1.82) is 0 Å². The number of nitrogens with one attached hydrogen (secondary N) is 2. The molecule has 1 aromatic rings. The van der Waals surface area contributed by atoms with Crippen molar-refractivity contribution in [3.63, 3.8) is 0 Å². The molecular formula is C16H24N2O3S. The van der Waals surface area contributed by atoms with Crippen molar-refractivity contribution in [2.45, 2.75) is 26.3 Å². The molecule has 0 saturated heterocycles. The molecule has 0 aliphatic rings. The van der Waals surface area contributed by atoms with Crippen LogP contribution in [0.1, 0.15) is 17.5 Å². The first-order chi connectivity index (χ1) is 10.5. The molecule has 5 nitrogen and oxygen atoms in total. The summed E-state index contributed by atoms with van der Waals surface area (Å²) in [5, 5.41) is 5.77. The number of benzene rings is 1. The van der Waals surface area contributed by atoms with E-state index in [2.05, 4.69) is 10.6 Å². The Bertz CT molecular complexity index is 520. The molecule has 6 heteroatoms. The number of carbonyl (C=O) groups excluding carboxylic acids is 2. The second kappa shape index (κ2) is 9.48. The number of ether oxygens (including phenoxy) is 1. The van der Waals surface area contributed by atoms with Gasteiger partial charge in [-0.1, -0.05) is 6.07 Å². The first-order valence-corrected chi connectivity index (χ1v) is 8.54. The van der Waals surface area contributed by atoms with Crippen molar-refractivity contribution in [3.05, 3.63) is 29.3 Å². The fraction of sp³-hybridized carbons (Fsp3) is 0.500. The monoisotopic (exact) mass is 324 g/mol. The number of amides is 1. The molecule has 2 N–H and O–H groups in total. The molecule has 0 heterocycles. The van der Waals surface area contributed by atoms with Gasteiger partial charge in [0.05, 0.1) is 13.7 Å². The van der Waals surface area contributed by atoms with Crippen LogP contribution in [0.4, 0.5) is 5.69 Å². The summed E-state index contributed by atoms with van der Waals surface area (Å²) in [4.78, 5) is 23.6. The quantitative estimate of drug-likeness (QED) is 0.717. The first-order valence-electron chi connectivity index (χ1n) is 7.15. The highest BCUT2D eigenvalue weighted by Gasteiger charge is 2.19. The van der Waals surface area contributed by atoms with Gasteiger partial charge in [0.25, 0.3) is 0 Å². The Morgan fingerprint density at radius 3 is 2.59 bits per heavy atom. The summed E-state index contributed by atoms with van der Waals surface area (Å²) in [6.07, 6.45) is 2.60. The van der Waals surface area contributed by atoms with Gasteiger partial charge in [-0.2, -0.15) is 11.8 Å². The van der Waals surface area contributed by atoms with Crippen molar-refractivity contribution in [3.8, 4) is 0 Å². The van der Waals surface area contributed by atoms with E-state index in [-0.39, 0.29) is 18.4 Å². The fourth-order valence-electron chi connectivity index (χ4n) is 1.92. The molecule has 0 aromatic heterocycles. The maximum Gasteiger partial charge on any atom is 0.322 e. The van der Waals surface area contributed by atoms with E-state index in [1.165, 1.54) is 12.7 Å². The van der Waals surface area contributed by atoms with Gasteiger partial charge in [-0.3, -0.25) is 14.9 Å². The van der Waals surface area contributed by atoms with Gasteiger partial charge in [-0.15, -0.1) is 0 Å². The zero-order chi connectivity index (χ0) is 16.5. The molecule has 0 fully saturated rings. The van der Waals surface area contributed by atoms with Gasteiger partial charge in [0.15, 0.2) is 0 Å². The molecule has 1 atom stereocenters. The number of rotatable bonds is 8. The third-order valence-electron chi connectivity index (χ3n) is 3.40. The molecule has 0 radical (unpaired) electrons. The molecule has 0 unspecified atom stereocenters. The average molecular weight is 324 g/mol. The van der Waals surface area contributed by atoms with E-state index in [4.69, 9.17) is 4.74 Å². The number of thioether (sulfide) groups is 1. The largest absolute Gasteiger partial charge is 0.468 e. The summed E-state index contributed by atoms with van der Waals surface area (Å²) in [5.41, 5.74) is 3.06. The number of aryl methyl sites for hydroxylation is 2. The molecule has 22 heavy (non-hydrogen) atoms. The van der Waals surface area contributed by atoms with Crippen LogP contribution in [0.3, 0.4) is 0 Å². The van der Waals surface area contributed by atoms with E-state index in [9.17, 15) is 9.59 Å². The van der Waals surface area contributed by atoms with Crippen molar-refractivity contribution < 1.29 is 14.3 Å². The Morgan fingerprint density at radius 2 is 2.00 bits per heavy atom. The third kappa shape index (κ3) is 6.07. The van der Waals surface area contributed by atoms with E-state index < -0.39 is 6.04 Å². The Kier molecular flexibility index (Phi) is 7.98. The van der Waals surface area contributed by atoms with E-state index in [0.29, 0.717) is 6.42 Å². The maximum atomic E-state index is 12.0. The smallest absolute Gasteiger partial charge is 0.322 e. The highest BCUT2D eigenvalue weighted by molar-refractivity contribution is 7.98. The van der Waals surface area contributed by atoms with Crippen LogP contribution in [0.2, 0.25) is 0 Å². The predicted molar refractivity (Wildman–Crippen MR) is 91.4 cm³/mol. The molecule has 0 aliphatic carbocycles. The summed E-state index contributed by atoms with van der Waals surface area (Å²) in [5.74, 6) is 0.306. The van der Waals surface area contributed by atoms with Gasteiger partial charge < -0.3 is 10.1 Å². The minimum Gasteiger partial charge on any atom is -0.468 e. The zero-order valence-corrected chi connectivity index (χ0v) is 14.4. The number of esters is 1. The van der Waals surface area contributed by atoms with Crippen LogP contribution in [0.15, 0.2) is 18.2 Å². The molecule has 122 valence electrons. The van der Waals surface area contributed by atoms with Crippen LogP contribution in [0.5, 0.6) is 0 Å². The highest BCUT2D eigenvalue weighted by Crippen LogP contribution is 2.13. The Morgan fingerprint density at radius 1 is 1.27 bits per heavy atom. The van der Waals surface area contributed by atoms with E-state index in [1.54, 1.807) is 11.8 Å².